The minimum atomic E-state index is -0.448. The first-order chi connectivity index (χ1) is 15.0. The maximum atomic E-state index is 13.4. The minimum absolute atomic E-state index is 0.133. The van der Waals surface area contributed by atoms with E-state index in [1.54, 1.807) is 24.3 Å². The lowest BCUT2D eigenvalue weighted by Crippen LogP contribution is -2.32. The number of benzene rings is 3. The highest BCUT2D eigenvalue weighted by molar-refractivity contribution is 6.36. The van der Waals surface area contributed by atoms with E-state index in [0.29, 0.717) is 17.0 Å². The Hall–Kier alpha value is -3.93. The Kier molecular flexibility index (Phi) is 5.54. The van der Waals surface area contributed by atoms with Crippen LogP contribution >= 0.6 is 0 Å². The molecule has 0 spiro atoms. The molecule has 0 radical (unpaired) electrons. The third-order valence-electron chi connectivity index (χ3n) is 5.12. The van der Waals surface area contributed by atoms with Gasteiger partial charge in [-0.1, -0.05) is 48.0 Å². The van der Waals surface area contributed by atoms with Crippen LogP contribution < -0.4 is 10.1 Å². The number of carbonyl (C=O) groups is 2. The summed E-state index contributed by atoms with van der Waals surface area (Å²) in [6, 6.07) is 20.3. The van der Waals surface area contributed by atoms with Crippen LogP contribution in [0.5, 0.6) is 5.75 Å². The fourth-order valence-corrected chi connectivity index (χ4v) is 3.49. The van der Waals surface area contributed by atoms with Gasteiger partial charge < -0.3 is 10.1 Å². The molecule has 156 valence electrons. The first-order valence-electron chi connectivity index (χ1n) is 9.80. The van der Waals surface area contributed by atoms with E-state index in [9.17, 15) is 14.0 Å². The number of anilines is 1. The SMILES string of the molecule is COc1ccccc1C1=C(Nc2ccc(F)cc2)C(=O)N(Cc2ccc(C)cc2)C1=O. The van der Waals surface area contributed by atoms with Gasteiger partial charge in [-0.15, -0.1) is 0 Å². The molecule has 0 aliphatic carbocycles. The van der Waals surface area contributed by atoms with E-state index in [1.807, 2.05) is 31.2 Å². The van der Waals surface area contributed by atoms with Crippen molar-refractivity contribution >= 4 is 23.1 Å². The zero-order chi connectivity index (χ0) is 22.0. The molecule has 0 fully saturated rings. The van der Waals surface area contributed by atoms with Crippen LogP contribution in [0.15, 0.2) is 78.5 Å². The van der Waals surface area contributed by atoms with Gasteiger partial charge in [-0.2, -0.15) is 0 Å². The quantitative estimate of drug-likeness (QED) is 0.600. The number of halogens is 1. The van der Waals surface area contributed by atoms with Crippen molar-refractivity contribution < 1.29 is 18.7 Å². The Labute approximate surface area is 179 Å². The Morgan fingerprint density at radius 3 is 2.26 bits per heavy atom. The lowest BCUT2D eigenvalue weighted by atomic mass is 10.0. The highest BCUT2D eigenvalue weighted by atomic mass is 19.1. The van der Waals surface area contributed by atoms with Crippen molar-refractivity contribution in [3.63, 3.8) is 0 Å². The summed E-state index contributed by atoms with van der Waals surface area (Å²) < 4.78 is 18.8. The van der Waals surface area contributed by atoms with E-state index in [4.69, 9.17) is 4.74 Å². The zero-order valence-corrected chi connectivity index (χ0v) is 17.2. The summed E-state index contributed by atoms with van der Waals surface area (Å²) in [6.45, 7) is 2.12. The first-order valence-corrected chi connectivity index (χ1v) is 9.80. The van der Waals surface area contributed by atoms with Crippen molar-refractivity contribution in [3.05, 3.63) is 101 Å². The summed E-state index contributed by atoms with van der Waals surface area (Å²) in [5.74, 6) is -0.774. The molecule has 4 rings (SSSR count). The Bertz CT molecular complexity index is 1170. The number of methoxy groups -OCH3 is 1. The number of hydrogen-bond acceptors (Lipinski definition) is 4. The minimum Gasteiger partial charge on any atom is -0.496 e. The number of nitrogens with one attached hydrogen (secondary N) is 1. The highest BCUT2D eigenvalue weighted by Crippen LogP contribution is 2.35. The van der Waals surface area contributed by atoms with Gasteiger partial charge in [-0.3, -0.25) is 14.5 Å². The van der Waals surface area contributed by atoms with E-state index < -0.39 is 11.8 Å². The van der Waals surface area contributed by atoms with Gasteiger partial charge in [0.05, 0.1) is 19.2 Å². The van der Waals surface area contributed by atoms with Crippen LogP contribution in [0.2, 0.25) is 0 Å². The normalized spacial score (nSPS) is 13.7. The molecule has 1 aliphatic rings. The molecule has 1 aliphatic heterocycles. The highest BCUT2D eigenvalue weighted by Gasteiger charge is 2.40. The molecule has 5 nitrogen and oxygen atoms in total. The molecule has 1 heterocycles. The maximum absolute atomic E-state index is 13.4. The van der Waals surface area contributed by atoms with Crippen molar-refractivity contribution in [2.24, 2.45) is 0 Å². The van der Waals surface area contributed by atoms with E-state index in [1.165, 1.54) is 36.3 Å². The number of ether oxygens (including phenoxy) is 1. The van der Waals surface area contributed by atoms with Gasteiger partial charge in [-0.25, -0.2) is 4.39 Å². The molecular weight excluding hydrogens is 395 g/mol. The average Bonchev–Trinajstić information content (AvgIpc) is 3.00. The van der Waals surface area contributed by atoms with E-state index in [2.05, 4.69) is 5.32 Å². The second-order valence-corrected chi connectivity index (χ2v) is 7.26. The standard InChI is InChI=1S/C25H21FN2O3/c1-16-7-9-17(10-8-16)15-28-24(29)22(20-5-3-4-6-21(20)31-2)23(25(28)30)27-19-13-11-18(26)12-14-19/h3-14,27H,15H2,1-2H3. The largest absolute Gasteiger partial charge is 0.496 e. The summed E-state index contributed by atoms with van der Waals surface area (Å²) in [6.07, 6.45) is 0. The molecule has 0 unspecified atom stereocenters. The number of hydrogen-bond donors (Lipinski definition) is 1. The number of para-hydroxylation sites is 1. The number of imide groups is 1. The second kappa shape index (κ2) is 8.44. The van der Waals surface area contributed by atoms with Gasteiger partial charge in [0.15, 0.2) is 0 Å². The first kappa shape index (κ1) is 20.3. The fraction of sp³-hybridized carbons (Fsp3) is 0.120. The maximum Gasteiger partial charge on any atom is 0.278 e. The molecule has 0 bridgehead atoms. The molecule has 6 heteroatoms. The lowest BCUT2D eigenvalue weighted by Gasteiger charge is -2.16. The average molecular weight is 416 g/mol. The molecule has 3 aromatic rings. The monoisotopic (exact) mass is 416 g/mol. The summed E-state index contributed by atoms with van der Waals surface area (Å²) in [7, 11) is 1.51. The number of carbonyl (C=O) groups excluding carboxylic acids is 2. The zero-order valence-electron chi connectivity index (χ0n) is 17.2. The molecular formula is C25H21FN2O3. The van der Waals surface area contributed by atoms with Crippen molar-refractivity contribution in [2.45, 2.75) is 13.5 Å². The predicted octanol–water partition coefficient (Wildman–Crippen LogP) is 4.53. The van der Waals surface area contributed by atoms with Crippen molar-refractivity contribution in [2.75, 3.05) is 12.4 Å². The summed E-state index contributed by atoms with van der Waals surface area (Å²) in [5, 5.41) is 3.02. The van der Waals surface area contributed by atoms with Crippen molar-refractivity contribution in [3.8, 4) is 5.75 Å². The third-order valence-corrected chi connectivity index (χ3v) is 5.12. The van der Waals surface area contributed by atoms with Crippen molar-refractivity contribution in [1.29, 1.82) is 0 Å². The molecule has 31 heavy (non-hydrogen) atoms. The number of aryl methyl sites for hydroxylation is 1. The Morgan fingerprint density at radius 2 is 1.58 bits per heavy atom. The van der Waals surface area contributed by atoms with Gasteiger partial charge in [0.2, 0.25) is 0 Å². The van der Waals surface area contributed by atoms with Crippen LogP contribution in [0.3, 0.4) is 0 Å². The van der Waals surface area contributed by atoms with Gasteiger partial charge in [0.25, 0.3) is 11.8 Å². The summed E-state index contributed by atoms with van der Waals surface area (Å²) >= 11 is 0. The van der Waals surface area contributed by atoms with Gasteiger partial charge in [0.1, 0.15) is 17.3 Å². The fourth-order valence-electron chi connectivity index (χ4n) is 3.49. The lowest BCUT2D eigenvalue weighted by molar-refractivity contribution is -0.137. The van der Waals surface area contributed by atoms with Crippen LogP contribution in [0.1, 0.15) is 16.7 Å². The Morgan fingerprint density at radius 1 is 0.903 bits per heavy atom. The molecule has 0 saturated heterocycles. The van der Waals surface area contributed by atoms with E-state index >= 15 is 0 Å². The third kappa shape index (κ3) is 4.05. The summed E-state index contributed by atoms with van der Waals surface area (Å²) in [4.78, 5) is 27.9. The van der Waals surface area contributed by atoms with Gasteiger partial charge in [-0.05, 0) is 42.8 Å². The van der Waals surface area contributed by atoms with Crippen LogP contribution in [-0.4, -0.2) is 23.8 Å². The summed E-state index contributed by atoms with van der Waals surface area (Å²) in [5.41, 5.74) is 3.30. The molecule has 1 N–H and O–H groups in total. The molecule has 0 saturated carbocycles. The van der Waals surface area contributed by atoms with Crippen LogP contribution in [0.4, 0.5) is 10.1 Å². The smallest absolute Gasteiger partial charge is 0.278 e. The van der Waals surface area contributed by atoms with E-state index in [-0.39, 0.29) is 23.6 Å². The van der Waals surface area contributed by atoms with Crippen LogP contribution in [-0.2, 0) is 16.1 Å². The number of nitrogens with zero attached hydrogens (tertiary/aromatic N) is 1. The van der Waals surface area contributed by atoms with Gasteiger partial charge in [0, 0.05) is 11.3 Å². The Balaban J connectivity index is 1.76. The number of amides is 2. The topological polar surface area (TPSA) is 58.6 Å². The van der Waals surface area contributed by atoms with Crippen LogP contribution in [0, 0.1) is 12.7 Å². The van der Waals surface area contributed by atoms with E-state index in [0.717, 1.165) is 11.1 Å². The molecule has 2 amide bonds. The van der Waals surface area contributed by atoms with Crippen molar-refractivity contribution in [1.82, 2.24) is 4.90 Å². The molecule has 0 atom stereocenters. The second-order valence-electron chi connectivity index (χ2n) is 7.26. The van der Waals surface area contributed by atoms with Gasteiger partial charge >= 0.3 is 0 Å². The molecule has 0 aromatic heterocycles. The molecule has 3 aromatic carbocycles. The number of rotatable bonds is 6. The van der Waals surface area contributed by atoms with Crippen LogP contribution in [0.25, 0.3) is 5.57 Å². The predicted molar refractivity (Wildman–Crippen MR) is 117 cm³/mol.